The number of hydrogen-bond donors (Lipinski definition) is 2. The summed E-state index contributed by atoms with van der Waals surface area (Å²) in [5.74, 6) is 1.27. The van der Waals surface area contributed by atoms with Crippen molar-refractivity contribution in [2.75, 3.05) is 23.8 Å². The van der Waals surface area contributed by atoms with E-state index in [2.05, 4.69) is 64.5 Å². The van der Waals surface area contributed by atoms with Crippen molar-refractivity contribution in [3.8, 4) is 5.75 Å². The van der Waals surface area contributed by atoms with E-state index in [-0.39, 0.29) is 21.8 Å². The third kappa shape index (κ3) is 6.73. The van der Waals surface area contributed by atoms with Crippen molar-refractivity contribution in [2.24, 2.45) is 0 Å². The van der Waals surface area contributed by atoms with Crippen LogP contribution in [0.2, 0.25) is 5.02 Å². The van der Waals surface area contributed by atoms with Crippen molar-refractivity contribution in [2.45, 2.75) is 89.3 Å². The highest BCUT2D eigenvalue weighted by Crippen LogP contribution is 2.39. The molecule has 44 heavy (non-hydrogen) atoms. The van der Waals surface area contributed by atoms with Gasteiger partial charge in [0, 0.05) is 12.1 Å². The minimum absolute atomic E-state index is 0.0545. The van der Waals surface area contributed by atoms with Gasteiger partial charge in [-0.3, -0.25) is 4.90 Å². The zero-order chi connectivity index (χ0) is 31.8. The van der Waals surface area contributed by atoms with E-state index in [9.17, 15) is 8.42 Å². The van der Waals surface area contributed by atoms with E-state index in [1.165, 1.54) is 11.8 Å². The molecule has 0 radical (unpaired) electrons. The van der Waals surface area contributed by atoms with Crippen LogP contribution in [-0.4, -0.2) is 66.0 Å². The van der Waals surface area contributed by atoms with Crippen LogP contribution >= 0.6 is 11.6 Å². The van der Waals surface area contributed by atoms with Gasteiger partial charge in [-0.05, 0) is 95.9 Å². The van der Waals surface area contributed by atoms with Gasteiger partial charge in [0.25, 0.3) is 0 Å². The van der Waals surface area contributed by atoms with E-state index < -0.39 is 15.1 Å². The molecule has 1 aromatic heterocycles. The van der Waals surface area contributed by atoms with E-state index in [0.717, 1.165) is 36.4 Å². The Balaban J connectivity index is 1.45. The van der Waals surface area contributed by atoms with Gasteiger partial charge in [-0.2, -0.15) is 4.98 Å². The lowest BCUT2D eigenvalue weighted by molar-refractivity contribution is -0.0857. The Bertz CT molecular complexity index is 1660. The lowest BCUT2D eigenvalue weighted by Gasteiger charge is -2.46. The first kappa shape index (κ1) is 32.2. The van der Waals surface area contributed by atoms with Crippen LogP contribution < -0.4 is 15.4 Å². The van der Waals surface area contributed by atoms with Gasteiger partial charge in [0.1, 0.15) is 10.8 Å². The lowest BCUT2D eigenvalue weighted by Crippen LogP contribution is -2.56. The molecule has 2 aromatic carbocycles. The number of halogens is 1. The van der Waals surface area contributed by atoms with E-state index in [4.69, 9.17) is 21.1 Å². The van der Waals surface area contributed by atoms with Gasteiger partial charge in [-0.25, -0.2) is 13.4 Å². The highest BCUT2D eigenvalue weighted by molar-refractivity contribution is 7.92. The highest BCUT2D eigenvalue weighted by Gasteiger charge is 2.35. The number of para-hydroxylation sites is 1. The highest BCUT2D eigenvalue weighted by atomic mass is 35.5. The molecule has 11 heteroatoms. The molecule has 0 aliphatic carbocycles. The van der Waals surface area contributed by atoms with E-state index in [1.807, 2.05) is 13.8 Å². The van der Waals surface area contributed by atoms with Gasteiger partial charge in [0.15, 0.2) is 15.7 Å². The molecule has 236 valence electrons. The van der Waals surface area contributed by atoms with Crippen LogP contribution in [0.25, 0.3) is 5.57 Å². The molecule has 3 heterocycles. The second kappa shape index (κ2) is 13.0. The summed E-state index contributed by atoms with van der Waals surface area (Å²) in [6.07, 6.45) is 4.74. The van der Waals surface area contributed by atoms with Gasteiger partial charge in [0.2, 0.25) is 5.95 Å². The fourth-order valence-electron chi connectivity index (χ4n) is 5.88. The number of anilines is 4. The SMILES string of the molecule is Cc1cc(Nc2ncc(Cl)c(Nc3ccccc3S(=O)(=O)C(C)C)n2)c(OC(C)C)cc1C1=C[C@H](C)N(C2COC2)[C@H](C)C1. The summed E-state index contributed by atoms with van der Waals surface area (Å²) in [5.41, 5.74) is 4.70. The van der Waals surface area contributed by atoms with E-state index in [0.29, 0.717) is 35.5 Å². The fraction of sp³-hybridized carbons (Fsp3) is 0.455. The molecule has 1 saturated heterocycles. The summed E-state index contributed by atoms with van der Waals surface area (Å²) < 4.78 is 37.7. The van der Waals surface area contributed by atoms with Gasteiger partial charge < -0.3 is 20.1 Å². The molecule has 9 nitrogen and oxygen atoms in total. The van der Waals surface area contributed by atoms with Crippen molar-refractivity contribution in [1.82, 2.24) is 14.9 Å². The molecule has 0 spiro atoms. The number of sulfone groups is 1. The van der Waals surface area contributed by atoms with Gasteiger partial charge in [-0.1, -0.05) is 29.8 Å². The largest absolute Gasteiger partial charge is 0.489 e. The number of aryl methyl sites for hydroxylation is 1. The normalized spacial score (nSPS) is 19.5. The Morgan fingerprint density at radius 2 is 1.80 bits per heavy atom. The average Bonchev–Trinajstić information content (AvgIpc) is 2.92. The second-order valence-corrected chi connectivity index (χ2v) is 15.1. The second-order valence-electron chi connectivity index (χ2n) is 12.2. The Morgan fingerprint density at radius 1 is 1.07 bits per heavy atom. The van der Waals surface area contributed by atoms with Crippen molar-refractivity contribution in [3.05, 3.63) is 64.8 Å². The standard InChI is InChI=1S/C33H42ClN5O4S/c1-19(2)43-30-15-26(24-13-22(6)39(23(7)14-24)25-17-42-18-25)21(5)12-29(30)37-33-35-16-27(34)32(38-33)36-28-10-8-9-11-31(28)44(40,41)20(3)4/h8-13,15-16,19-20,22-23,25H,14,17-18H2,1-7H3,(H2,35,36,37,38)/t22-,23+/m0/s1. The molecule has 2 atom stereocenters. The zero-order valence-electron chi connectivity index (χ0n) is 26.4. The Hall–Kier alpha value is -3.18. The maximum atomic E-state index is 13.0. The summed E-state index contributed by atoms with van der Waals surface area (Å²) in [4.78, 5) is 11.8. The van der Waals surface area contributed by atoms with Crippen LogP contribution in [0.4, 0.5) is 23.1 Å². The van der Waals surface area contributed by atoms with Gasteiger partial charge >= 0.3 is 0 Å². The van der Waals surface area contributed by atoms with Gasteiger partial charge in [0.05, 0.1) is 53.1 Å². The van der Waals surface area contributed by atoms with Crippen molar-refractivity contribution in [3.63, 3.8) is 0 Å². The zero-order valence-corrected chi connectivity index (χ0v) is 28.0. The van der Waals surface area contributed by atoms with Crippen LogP contribution in [0.1, 0.15) is 59.1 Å². The smallest absolute Gasteiger partial charge is 0.229 e. The number of nitrogens with one attached hydrogen (secondary N) is 2. The molecule has 1 fully saturated rings. The molecular weight excluding hydrogens is 598 g/mol. The Labute approximate surface area is 266 Å². The molecule has 5 rings (SSSR count). The van der Waals surface area contributed by atoms with E-state index >= 15 is 0 Å². The summed E-state index contributed by atoms with van der Waals surface area (Å²) in [7, 11) is -3.54. The third-order valence-electron chi connectivity index (χ3n) is 8.07. The molecular formula is C33H42ClN5O4S. The predicted octanol–water partition coefficient (Wildman–Crippen LogP) is 7.16. The average molecular weight is 640 g/mol. The summed E-state index contributed by atoms with van der Waals surface area (Å²) >= 11 is 6.47. The monoisotopic (exact) mass is 639 g/mol. The topological polar surface area (TPSA) is 106 Å². The molecule has 0 amide bonds. The maximum Gasteiger partial charge on any atom is 0.229 e. The van der Waals surface area contributed by atoms with Gasteiger partial charge in [-0.15, -0.1) is 0 Å². The quantitative estimate of drug-likeness (QED) is 0.239. The first-order chi connectivity index (χ1) is 20.8. The Kier molecular flexibility index (Phi) is 9.55. The predicted molar refractivity (Wildman–Crippen MR) is 177 cm³/mol. The Morgan fingerprint density at radius 3 is 2.43 bits per heavy atom. The van der Waals surface area contributed by atoms with Crippen LogP contribution in [0, 0.1) is 6.92 Å². The number of aromatic nitrogens is 2. The minimum atomic E-state index is -3.54. The number of hydrogen-bond acceptors (Lipinski definition) is 9. The molecule has 0 saturated carbocycles. The minimum Gasteiger partial charge on any atom is -0.489 e. The number of nitrogens with zero attached hydrogens (tertiary/aromatic N) is 3. The molecule has 3 aromatic rings. The maximum absolute atomic E-state index is 13.0. The fourth-order valence-corrected chi connectivity index (χ4v) is 7.22. The van der Waals surface area contributed by atoms with Crippen molar-refractivity contribution >= 4 is 50.2 Å². The number of rotatable bonds is 10. The van der Waals surface area contributed by atoms with Crippen molar-refractivity contribution in [1.29, 1.82) is 0 Å². The molecule has 0 unspecified atom stereocenters. The van der Waals surface area contributed by atoms with Crippen LogP contribution in [0.3, 0.4) is 0 Å². The number of benzene rings is 2. The molecule has 2 N–H and O–H groups in total. The summed E-state index contributed by atoms with van der Waals surface area (Å²) in [6, 6.07) is 12.1. The lowest BCUT2D eigenvalue weighted by atomic mass is 9.88. The number of ether oxygens (including phenoxy) is 2. The van der Waals surface area contributed by atoms with E-state index in [1.54, 1.807) is 38.1 Å². The first-order valence-electron chi connectivity index (χ1n) is 15.1. The summed E-state index contributed by atoms with van der Waals surface area (Å²) in [5, 5.41) is 6.10. The molecule has 2 aliphatic rings. The molecule has 2 aliphatic heterocycles. The molecule has 0 bridgehead atoms. The first-order valence-corrected chi connectivity index (χ1v) is 17.0. The van der Waals surface area contributed by atoms with Crippen molar-refractivity contribution < 1.29 is 17.9 Å². The van der Waals surface area contributed by atoms with Crippen LogP contribution in [-0.2, 0) is 14.6 Å². The van der Waals surface area contributed by atoms with Crippen LogP contribution in [0.15, 0.2) is 53.6 Å². The third-order valence-corrected chi connectivity index (χ3v) is 10.6. The van der Waals surface area contributed by atoms with Crippen LogP contribution in [0.5, 0.6) is 5.75 Å². The summed E-state index contributed by atoms with van der Waals surface area (Å²) in [6.45, 7) is 15.6.